The van der Waals surface area contributed by atoms with Crippen molar-refractivity contribution >= 4 is 33.2 Å². The Labute approximate surface area is 163 Å². The minimum atomic E-state index is -3.80. The highest BCUT2D eigenvalue weighted by Crippen LogP contribution is 2.24. The summed E-state index contributed by atoms with van der Waals surface area (Å²) in [4.78, 5) is 12.3. The minimum absolute atomic E-state index is 0.0435. The van der Waals surface area contributed by atoms with Crippen LogP contribution in [0.2, 0.25) is 5.02 Å². The van der Waals surface area contributed by atoms with Crippen LogP contribution in [0.15, 0.2) is 83.8 Å². The molecule has 0 heterocycles. The normalized spacial score (nSPS) is 11.0. The summed E-state index contributed by atoms with van der Waals surface area (Å²) < 4.78 is 27.4. The van der Waals surface area contributed by atoms with E-state index < -0.39 is 10.0 Å². The molecule has 27 heavy (non-hydrogen) atoms. The molecular formula is C20H17ClN2O3S. The molecule has 0 aromatic heterocycles. The van der Waals surface area contributed by atoms with Crippen molar-refractivity contribution in [3.63, 3.8) is 0 Å². The van der Waals surface area contributed by atoms with E-state index in [1.54, 1.807) is 24.3 Å². The molecule has 3 aromatic rings. The zero-order valence-electron chi connectivity index (χ0n) is 14.2. The molecule has 0 saturated carbocycles. The first-order valence-corrected chi connectivity index (χ1v) is 10.0. The molecule has 7 heteroatoms. The summed E-state index contributed by atoms with van der Waals surface area (Å²) in [5.74, 6) is -0.276. The van der Waals surface area contributed by atoms with Gasteiger partial charge in [0.25, 0.3) is 15.9 Å². The van der Waals surface area contributed by atoms with Gasteiger partial charge < -0.3 is 5.32 Å². The molecule has 0 unspecified atom stereocenters. The van der Waals surface area contributed by atoms with Gasteiger partial charge in [0.2, 0.25) is 0 Å². The van der Waals surface area contributed by atoms with Gasteiger partial charge in [-0.15, -0.1) is 0 Å². The lowest BCUT2D eigenvalue weighted by molar-refractivity contribution is 0.0951. The fourth-order valence-electron chi connectivity index (χ4n) is 2.41. The van der Waals surface area contributed by atoms with Gasteiger partial charge in [-0.05, 0) is 42.0 Å². The zero-order chi connectivity index (χ0) is 19.3. The van der Waals surface area contributed by atoms with Gasteiger partial charge in [0, 0.05) is 12.1 Å². The highest BCUT2D eigenvalue weighted by molar-refractivity contribution is 7.92. The first-order valence-electron chi connectivity index (χ1n) is 8.15. The van der Waals surface area contributed by atoms with Gasteiger partial charge in [-0.1, -0.05) is 54.1 Å². The topological polar surface area (TPSA) is 75.3 Å². The number of sulfonamides is 1. The van der Waals surface area contributed by atoms with E-state index in [4.69, 9.17) is 11.6 Å². The van der Waals surface area contributed by atoms with Crippen molar-refractivity contribution in [1.29, 1.82) is 0 Å². The largest absolute Gasteiger partial charge is 0.348 e. The Bertz CT molecular complexity index is 1040. The van der Waals surface area contributed by atoms with Gasteiger partial charge in [0.05, 0.1) is 15.6 Å². The molecule has 0 spiro atoms. The Morgan fingerprint density at radius 2 is 1.48 bits per heavy atom. The quantitative estimate of drug-likeness (QED) is 0.654. The third-order valence-electron chi connectivity index (χ3n) is 3.84. The maximum Gasteiger partial charge on any atom is 0.261 e. The number of nitrogens with one attached hydrogen (secondary N) is 2. The molecular weight excluding hydrogens is 384 g/mol. The number of carbonyl (C=O) groups is 1. The van der Waals surface area contributed by atoms with Crippen molar-refractivity contribution < 1.29 is 13.2 Å². The maximum atomic E-state index is 12.5. The van der Waals surface area contributed by atoms with Crippen LogP contribution in [0, 0.1) is 0 Å². The van der Waals surface area contributed by atoms with Gasteiger partial charge in [0.15, 0.2) is 0 Å². The van der Waals surface area contributed by atoms with Crippen LogP contribution in [-0.2, 0) is 16.6 Å². The minimum Gasteiger partial charge on any atom is -0.348 e. The van der Waals surface area contributed by atoms with Gasteiger partial charge >= 0.3 is 0 Å². The predicted molar refractivity (Wildman–Crippen MR) is 106 cm³/mol. The second-order valence-corrected chi connectivity index (χ2v) is 7.87. The Balaban J connectivity index is 1.69. The van der Waals surface area contributed by atoms with E-state index in [0.29, 0.717) is 22.8 Å². The smallest absolute Gasteiger partial charge is 0.261 e. The lowest BCUT2D eigenvalue weighted by Crippen LogP contribution is -2.22. The second-order valence-electron chi connectivity index (χ2n) is 5.78. The molecule has 1 amide bonds. The molecule has 0 bridgehead atoms. The molecule has 0 aliphatic rings. The molecule has 0 saturated heterocycles. The second kappa shape index (κ2) is 8.24. The van der Waals surface area contributed by atoms with Crippen LogP contribution in [0.1, 0.15) is 15.9 Å². The Kier molecular flexibility index (Phi) is 5.78. The average molecular weight is 401 g/mol. The van der Waals surface area contributed by atoms with E-state index in [1.165, 1.54) is 24.3 Å². The fourth-order valence-corrected chi connectivity index (χ4v) is 3.73. The number of halogens is 1. The van der Waals surface area contributed by atoms with Crippen LogP contribution in [0.3, 0.4) is 0 Å². The maximum absolute atomic E-state index is 12.5. The van der Waals surface area contributed by atoms with Crippen LogP contribution in [-0.4, -0.2) is 14.3 Å². The molecule has 0 aliphatic carbocycles. The summed E-state index contributed by atoms with van der Waals surface area (Å²) in [5.41, 5.74) is 1.65. The van der Waals surface area contributed by atoms with Crippen LogP contribution >= 0.6 is 11.6 Å². The summed E-state index contributed by atoms with van der Waals surface area (Å²) in [6.45, 7) is 0.397. The van der Waals surface area contributed by atoms with E-state index in [0.717, 1.165) is 5.56 Å². The lowest BCUT2D eigenvalue weighted by atomic mass is 10.2. The molecule has 0 aliphatic heterocycles. The average Bonchev–Trinajstić information content (AvgIpc) is 2.69. The molecule has 0 fully saturated rings. The summed E-state index contributed by atoms with van der Waals surface area (Å²) in [7, 11) is -3.80. The van der Waals surface area contributed by atoms with E-state index in [2.05, 4.69) is 10.0 Å². The molecule has 3 aromatic carbocycles. The Hall–Kier alpha value is -2.83. The first kappa shape index (κ1) is 18.9. The molecule has 5 nitrogen and oxygen atoms in total. The summed E-state index contributed by atoms with van der Waals surface area (Å²) in [6, 6.07) is 21.8. The fraction of sp³-hybridized carbons (Fsp3) is 0.0500. The van der Waals surface area contributed by atoms with Crippen LogP contribution in [0.25, 0.3) is 0 Å². The number of carbonyl (C=O) groups excluding carboxylic acids is 1. The first-order chi connectivity index (χ1) is 13.0. The number of anilines is 1. The molecule has 3 rings (SSSR count). The van der Waals surface area contributed by atoms with Gasteiger partial charge in [0.1, 0.15) is 0 Å². The van der Waals surface area contributed by atoms with Crippen LogP contribution in [0.5, 0.6) is 0 Å². The number of hydrogen-bond donors (Lipinski definition) is 2. The molecule has 0 atom stereocenters. The van der Waals surface area contributed by atoms with E-state index >= 15 is 0 Å². The third-order valence-corrected chi connectivity index (χ3v) is 5.55. The number of hydrogen-bond acceptors (Lipinski definition) is 3. The summed E-state index contributed by atoms with van der Waals surface area (Å²) in [5, 5.41) is 3.10. The molecule has 2 N–H and O–H groups in total. The molecule has 138 valence electrons. The third kappa shape index (κ3) is 4.87. The van der Waals surface area contributed by atoms with Crippen molar-refractivity contribution in [2.45, 2.75) is 11.4 Å². The monoisotopic (exact) mass is 400 g/mol. The van der Waals surface area contributed by atoms with E-state index in [-0.39, 0.29) is 10.8 Å². The van der Waals surface area contributed by atoms with Crippen molar-refractivity contribution in [3.05, 3.63) is 95.0 Å². The predicted octanol–water partition coefficient (Wildman–Crippen LogP) is 4.07. The van der Waals surface area contributed by atoms with Crippen molar-refractivity contribution in [2.24, 2.45) is 0 Å². The number of para-hydroxylation sites is 1. The number of amides is 1. The van der Waals surface area contributed by atoms with Crippen molar-refractivity contribution in [3.8, 4) is 0 Å². The summed E-state index contributed by atoms with van der Waals surface area (Å²) >= 11 is 5.99. The highest BCUT2D eigenvalue weighted by atomic mass is 35.5. The Morgan fingerprint density at radius 1 is 0.852 bits per heavy atom. The van der Waals surface area contributed by atoms with Gasteiger partial charge in [-0.25, -0.2) is 8.42 Å². The van der Waals surface area contributed by atoms with Gasteiger partial charge in [-0.3, -0.25) is 9.52 Å². The van der Waals surface area contributed by atoms with Crippen LogP contribution in [0.4, 0.5) is 5.69 Å². The van der Waals surface area contributed by atoms with Crippen molar-refractivity contribution in [2.75, 3.05) is 4.72 Å². The van der Waals surface area contributed by atoms with Crippen LogP contribution < -0.4 is 10.0 Å². The summed E-state index contributed by atoms with van der Waals surface area (Å²) in [6.07, 6.45) is 0. The number of benzene rings is 3. The van der Waals surface area contributed by atoms with E-state index in [1.807, 2.05) is 30.3 Å². The zero-order valence-corrected chi connectivity index (χ0v) is 15.8. The Morgan fingerprint density at radius 3 is 2.15 bits per heavy atom. The van der Waals surface area contributed by atoms with Gasteiger partial charge in [-0.2, -0.15) is 0 Å². The highest BCUT2D eigenvalue weighted by Gasteiger charge is 2.16. The SMILES string of the molecule is O=C(NCc1ccccc1)c1ccc(S(=O)(=O)Nc2ccccc2Cl)cc1. The molecule has 0 radical (unpaired) electrons. The lowest BCUT2D eigenvalue weighted by Gasteiger charge is -2.10. The number of rotatable bonds is 6. The standard InChI is InChI=1S/C20H17ClN2O3S/c21-18-8-4-5-9-19(18)23-27(25,26)17-12-10-16(11-13-17)20(24)22-14-15-6-2-1-3-7-15/h1-13,23H,14H2,(H,22,24). The van der Waals surface area contributed by atoms with E-state index in [9.17, 15) is 13.2 Å². The van der Waals surface area contributed by atoms with Crippen molar-refractivity contribution in [1.82, 2.24) is 5.32 Å².